The number of aryl methyl sites for hydroxylation is 1. The number of para-hydroxylation sites is 2. The Bertz CT molecular complexity index is 895. The highest BCUT2D eigenvalue weighted by atomic mass is 16.5. The number of ether oxygens (including phenoxy) is 1. The van der Waals surface area contributed by atoms with Crippen molar-refractivity contribution in [3.05, 3.63) is 47.4 Å². The van der Waals surface area contributed by atoms with E-state index in [4.69, 9.17) is 9.15 Å². The van der Waals surface area contributed by atoms with Gasteiger partial charge < -0.3 is 24.1 Å². The Morgan fingerprint density at radius 1 is 1.44 bits per heavy atom. The predicted molar refractivity (Wildman–Crippen MR) is 93.8 cm³/mol. The van der Waals surface area contributed by atoms with Crippen molar-refractivity contribution in [1.29, 1.82) is 0 Å². The Hall–Kier alpha value is -2.80. The molecule has 0 aliphatic heterocycles. The molecular formula is C18H21N3O4. The fourth-order valence-corrected chi connectivity index (χ4v) is 2.69. The van der Waals surface area contributed by atoms with Crippen molar-refractivity contribution in [1.82, 2.24) is 9.55 Å². The maximum atomic E-state index is 11.7. The third-order valence-electron chi connectivity index (χ3n) is 3.86. The molecule has 1 aromatic carbocycles. The molecule has 0 spiro atoms. The summed E-state index contributed by atoms with van der Waals surface area (Å²) in [4.78, 5) is 16.3. The molecule has 0 aliphatic carbocycles. The molecule has 7 nitrogen and oxygen atoms in total. The number of aromatic nitrogens is 2. The van der Waals surface area contributed by atoms with Crippen LogP contribution in [0.3, 0.4) is 0 Å². The molecule has 3 aromatic rings. The van der Waals surface area contributed by atoms with E-state index in [9.17, 15) is 9.90 Å². The van der Waals surface area contributed by atoms with Crippen LogP contribution in [-0.2, 0) is 11.3 Å². The summed E-state index contributed by atoms with van der Waals surface area (Å²) >= 11 is 0. The zero-order chi connectivity index (χ0) is 18.0. The van der Waals surface area contributed by atoms with Gasteiger partial charge in [-0.2, -0.15) is 0 Å². The first-order valence-electron chi connectivity index (χ1n) is 8.04. The first-order chi connectivity index (χ1) is 12.0. The van der Waals surface area contributed by atoms with Gasteiger partial charge in [0.2, 0.25) is 11.7 Å². The van der Waals surface area contributed by atoms with Crippen molar-refractivity contribution in [3.63, 3.8) is 0 Å². The maximum absolute atomic E-state index is 11.7. The molecule has 0 bridgehead atoms. The fraction of sp³-hybridized carbons (Fsp3) is 0.333. The van der Waals surface area contributed by atoms with Crippen molar-refractivity contribution >= 4 is 23.0 Å². The van der Waals surface area contributed by atoms with E-state index in [1.54, 1.807) is 13.8 Å². The lowest BCUT2D eigenvalue weighted by atomic mass is 10.2. The molecule has 0 saturated carbocycles. The lowest BCUT2D eigenvalue weighted by molar-refractivity contribution is 0.0561. The molecule has 25 heavy (non-hydrogen) atoms. The van der Waals surface area contributed by atoms with Crippen LogP contribution in [0, 0.1) is 6.92 Å². The summed E-state index contributed by atoms with van der Waals surface area (Å²) in [5.41, 5.74) is 2.50. The summed E-state index contributed by atoms with van der Waals surface area (Å²) < 4.78 is 12.4. The summed E-state index contributed by atoms with van der Waals surface area (Å²) in [6, 6.07) is 9.57. The van der Waals surface area contributed by atoms with Crippen LogP contribution in [0.1, 0.15) is 28.8 Å². The summed E-state index contributed by atoms with van der Waals surface area (Å²) in [6.07, 6.45) is -0.495. The van der Waals surface area contributed by atoms with Crippen LogP contribution in [-0.4, -0.2) is 40.4 Å². The van der Waals surface area contributed by atoms with E-state index in [1.807, 2.05) is 34.9 Å². The third-order valence-corrected chi connectivity index (χ3v) is 3.86. The minimum absolute atomic E-state index is 0.209. The molecule has 2 N–H and O–H groups in total. The highest BCUT2D eigenvalue weighted by Gasteiger charge is 2.18. The zero-order valence-corrected chi connectivity index (χ0v) is 14.4. The number of fused-ring (bicyclic) bond motifs is 1. The highest BCUT2D eigenvalue weighted by Crippen LogP contribution is 2.23. The number of nitrogens with zero attached hydrogens (tertiary/aromatic N) is 2. The quantitative estimate of drug-likeness (QED) is 0.669. The number of aliphatic hydroxyl groups excluding tert-OH is 1. The maximum Gasteiger partial charge on any atom is 0.374 e. The highest BCUT2D eigenvalue weighted by molar-refractivity contribution is 5.87. The molecule has 2 aromatic heterocycles. The van der Waals surface area contributed by atoms with Crippen molar-refractivity contribution in [2.24, 2.45) is 0 Å². The standard InChI is InChI=1S/C18H21N3O4/c1-11-8-13(25-16(11)17(23)24-3)10-21-15-7-5-4-6-14(15)20-18(21)19-9-12(2)22/h4-8,12,22H,9-10H2,1-3H3,(H,19,20). The molecule has 0 amide bonds. The van der Waals surface area contributed by atoms with Crippen LogP contribution in [0.15, 0.2) is 34.7 Å². The molecule has 2 heterocycles. The first-order valence-corrected chi connectivity index (χ1v) is 8.04. The van der Waals surface area contributed by atoms with Gasteiger partial charge in [0, 0.05) is 12.1 Å². The summed E-state index contributed by atoms with van der Waals surface area (Å²) in [5.74, 6) is 0.976. The van der Waals surface area contributed by atoms with Crippen molar-refractivity contribution in [2.75, 3.05) is 19.0 Å². The number of furan rings is 1. The van der Waals surface area contributed by atoms with Gasteiger partial charge in [-0.15, -0.1) is 0 Å². The van der Waals surface area contributed by atoms with Gasteiger partial charge in [-0.3, -0.25) is 0 Å². The van der Waals surface area contributed by atoms with Crippen LogP contribution >= 0.6 is 0 Å². The zero-order valence-electron chi connectivity index (χ0n) is 14.4. The monoisotopic (exact) mass is 343 g/mol. The predicted octanol–water partition coefficient (Wildman–Crippen LogP) is 2.57. The van der Waals surface area contributed by atoms with Crippen LogP contribution in [0.4, 0.5) is 5.95 Å². The van der Waals surface area contributed by atoms with Crippen LogP contribution in [0.5, 0.6) is 0 Å². The van der Waals surface area contributed by atoms with E-state index in [0.29, 0.717) is 24.8 Å². The third kappa shape index (κ3) is 3.51. The normalized spacial score (nSPS) is 12.3. The fourth-order valence-electron chi connectivity index (χ4n) is 2.69. The smallest absolute Gasteiger partial charge is 0.374 e. The Morgan fingerprint density at radius 2 is 2.20 bits per heavy atom. The second-order valence-corrected chi connectivity index (χ2v) is 5.96. The van der Waals surface area contributed by atoms with Crippen molar-refractivity contribution in [3.8, 4) is 0 Å². The molecule has 0 aliphatic rings. The topological polar surface area (TPSA) is 89.5 Å². The van der Waals surface area contributed by atoms with Gasteiger partial charge in [0.15, 0.2) is 0 Å². The summed E-state index contributed by atoms with van der Waals surface area (Å²) in [5, 5.41) is 12.7. The van der Waals surface area contributed by atoms with Gasteiger partial charge >= 0.3 is 5.97 Å². The van der Waals surface area contributed by atoms with Gasteiger partial charge in [0.1, 0.15) is 5.76 Å². The number of hydrogen-bond acceptors (Lipinski definition) is 6. The van der Waals surface area contributed by atoms with E-state index >= 15 is 0 Å². The second kappa shape index (κ2) is 6.98. The minimum atomic E-state index is -0.495. The minimum Gasteiger partial charge on any atom is -0.463 e. The first kappa shape index (κ1) is 17.0. The number of imidazole rings is 1. The van der Waals surface area contributed by atoms with Gasteiger partial charge in [0.25, 0.3) is 0 Å². The lowest BCUT2D eigenvalue weighted by Gasteiger charge is -2.10. The van der Waals surface area contributed by atoms with Crippen molar-refractivity contribution in [2.45, 2.75) is 26.5 Å². The average molecular weight is 343 g/mol. The Labute approximate surface area is 145 Å². The molecule has 1 atom stereocenters. The number of hydrogen-bond donors (Lipinski definition) is 2. The molecule has 3 rings (SSSR count). The Kier molecular flexibility index (Phi) is 4.76. The molecule has 7 heteroatoms. The largest absolute Gasteiger partial charge is 0.463 e. The summed E-state index contributed by atoms with van der Waals surface area (Å²) in [6.45, 7) is 4.30. The van der Waals surface area contributed by atoms with E-state index in [0.717, 1.165) is 16.6 Å². The van der Waals surface area contributed by atoms with Gasteiger partial charge in [-0.05, 0) is 32.0 Å². The number of benzene rings is 1. The summed E-state index contributed by atoms with van der Waals surface area (Å²) in [7, 11) is 1.32. The number of esters is 1. The lowest BCUT2D eigenvalue weighted by Crippen LogP contribution is -2.18. The van der Waals surface area contributed by atoms with E-state index in [2.05, 4.69) is 10.3 Å². The second-order valence-electron chi connectivity index (χ2n) is 5.96. The molecular weight excluding hydrogens is 322 g/mol. The molecule has 1 unspecified atom stereocenters. The van der Waals surface area contributed by atoms with E-state index < -0.39 is 12.1 Å². The average Bonchev–Trinajstić information content (AvgIpc) is 3.13. The molecule has 0 fully saturated rings. The number of methoxy groups -OCH3 is 1. The molecule has 132 valence electrons. The van der Waals surface area contributed by atoms with Crippen LogP contribution in [0.25, 0.3) is 11.0 Å². The number of anilines is 1. The number of aliphatic hydroxyl groups is 1. The van der Waals surface area contributed by atoms with E-state index in [1.165, 1.54) is 7.11 Å². The van der Waals surface area contributed by atoms with Crippen LogP contribution < -0.4 is 5.32 Å². The van der Waals surface area contributed by atoms with Crippen LogP contribution in [0.2, 0.25) is 0 Å². The van der Waals surface area contributed by atoms with Gasteiger partial charge in [-0.25, -0.2) is 9.78 Å². The van der Waals surface area contributed by atoms with Gasteiger partial charge in [-0.1, -0.05) is 12.1 Å². The molecule has 0 saturated heterocycles. The molecule has 0 radical (unpaired) electrons. The number of carbonyl (C=O) groups is 1. The SMILES string of the molecule is COC(=O)c1oc(Cn2c(NCC(C)O)nc3ccccc32)cc1C. The number of nitrogens with one attached hydrogen (secondary N) is 1. The van der Waals surface area contributed by atoms with Crippen molar-refractivity contribution < 1.29 is 19.1 Å². The Balaban J connectivity index is 1.97. The Morgan fingerprint density at radius 3 is 2.92 bits per heavy atom. The number of carbonyl (C=O) groups excluding carboxylic acids is 1. The number of rotatable bonds is 6. The van der Waals surface area contributed by atoms with Gasteiger partial charge in [0.05, 0.1) is 30.8 Å². The van der Waals surface area contributed by atoms with E-state index in [-0.39, 0.29) is 5.76 Å².